The smallest absolute Gasteiger partial charge is 0.409 e. The fourth-order valence-corrected chi connectivity index (χ4v) is 2.95. The number of carbonyl (C=O) groups excluding carboxylic acids is 3. The molecule has 0 saturated heterocycles. The lowest BCUT2D eigenvalue weighted by Gasteiger charge is -2.31. The van der Waals surface area contributed by atoms with Crippen LogP contribution in [0.5, 0.6) is 5.75 Å². The van der Waals surface area contributed by atoms with Crippen molar-refractivity contribution in [3.63, 3.8) is 0 Å². The highest BCUT2D eigenvalue weighted by Crippen LogP contribution is 2.37. The van der Waals surface area contributed by atoms with Gasteiger partial charge in [-0.3, -0.25) is 14.5 Å². The van der Waals surface area contributed by atoms with Crippen molar-refractivity contribution in [3.05, 3.63) is 54.3 Å². The van der Waals surface area contributed by atoms with Crippen molar-refractivity contribution >= 4 is 29.2 Å². The van der Waals surface area contributed by atoms with Gasteiger partial charge in [-0.25, -0.2) is 9.18 Å². The molecule has 31 heavy (non-hydrogen) atoms. The lowest BCUT2D eigenvalue weighted by Crippen LogP contribution is -2.51. The maximum atomic E-state index is 13.6. The molecule has 164 valence electrons. The van der Waals surface area contributed by atoms with Crippen molar-refractivity contribution < 1.29 is 41.4 Å². The largest absolute Gasteiger partial charge is 0.479 e. The van der Waals surface area contributed by atoms with Gasteiger partial charge >= 0.3 is 12.1 Å². The SMILES string of the molecule is O=C1CC(C(F)(F)F)N(C(=O)COC(=O)COc2ccccc2F)c2ccccc2N1. The Morgan fingerprint density at radius 3 is 2.45 bits per heavy atom. The van der Waals surface area contributed by atoms with E-state index in [-0.39, 0.29) is 17.1 Å². The summed E-state index contributed by atoms with van der Waals surface area (Å²) >= 11 is 0. The first-order valence-electron chi connectivity index (χ1n) is 8.97. The number of hydrogen-bond acceptors (Lipinski definition) is 5. The molecule has 0 fully saturated rings. The molecular formula is C20H16F4N2O5. The van der Waals surface area contributed by atoms with Crippen LogP contribution >= 0.6 is 0 Å². The Hall–Kier alpha value is -3.63. The molecular weight excluding hydrogens is 424 g/mol. The summed E-state index contributed by atoms with van der Waals surface area (Å²) in [5.41, 5.74) is -0.166. The minimum atomic E-state index is -4.91. The molecule has 1 aliphatic heterocycles. The fraction of sp³-hybridized carbons (Fsp3) is 0.250. The van der Waals surface area contributed by atoms with Gasteiger partial charge in [0.15, 0.2) is 24.8 Å². The Kier molecular flexibility index (Phi) is 6.42. The van der Waals surface area contributed by atoms with Gasteiger partial charge in [0.05, 0.1) is 17.8 Å². The summed E-state index contributed by atoms with van der Waals surface area (Å²) in [6.07, 6.45) is -5.93. The van der Waals surface area contributed by atoms with Gasteiger partial charge < -0.3 is 14.8 Å². The molecule has 2 amide bonds. The quantitative estimate of drug-likeness (QED) is 0.571. The number of hydrogen-bond donors (Lipinski definition) is 1. The number of para-hydroxylation sites is 3. The van der Waals surface area contributed by atoms with E-state index < -0.39 is 55.5 Å². The van der Waals surface area contributed by atoms with Crippen LogP contribution < -0.4 is 15.0 Å². The second-order valence-electron chi connectivity index (χ2n) is 6.47. The molecule has 7 nitrogen and oxygen atoms in total. The van der Waals surface area contributed by atoms with Gasteiger partial charge in [0.1, 0.15) is 6.04 Å². The topological polar surface area (TPSA) is 84.9 Å². The average Bonchev–Trinajstić information content (AvgIpc) is 2.87. The molecule has 1 aliphatic rings. The van der Waals surface area contributed by atoms with Gasteiger partial charge in [-0.05, 0) is 24.3 Å². The van der Waals surface area contributed by atoms with Crippen molar-refractivity contribution in [3.8, 4) is 5.75 Å². The summed E-state index contributed by atoms with van der Waals surface area (Å²) in [6.45, 7) is -1.79. The first kappa shape index (κ1) is 22.1. The predicted octanol–water partition coefficient (Wildman–Crippen LogP) is 3.05. The fourth-order valence-electron chi connectivity index (χ4n) is 2.95. The first-order valence-corrected chi connectivity index (χ1v) is 8.97. The molecule has 0 aliphatic carbocycles. The third-order valence-corrected chi connectivity index (χ3v) is 4.31. The number of rotatable bonds is 5. The lowest BCUT2D eigenvalue weighted by molar-refractivity contribution is -0.160. The summed E-state index contributed by atoms with van der Waals surface area (Å²) in [6, 6.07) is 8.27. The Morgan fingerprint density at radius 2 is 1.74 bits per heavy atom. The molecule has 1 heterocycles. The van der Waals surface area contributed by atoms with Crippen LogP contribution in [0.15, 0.2) is 48.5 Å². The molecule has 1 atom stereocenters. The Balaban J connectivity index is 1.72. The van der Waals surface area contributed by atoms with Crippen molar-refractivity contribution in [2.24, 2.45) is 0 Å². The maximum Gasteiger partial charge on any atom is 0.409 e. The number of esters is 1. The van der Waals surface area contributed by atoms with Crippen molar-refractivity contribution in [2.75, 3.05) is 23.4 Å². The minimum absolute atomic E-state index is 0.0156. The second kappa shape index (κ2) is 9.02. The van der Waals surface area contributed by atoms with Crippen LogP contribution in [0.3, 0.4) is 0 Å². The molecule has 0 bridgehead atoms. The van der Waals surface area contributed by atoms with E-state index in [1.807, 2.05) is 0 Å². The Bertz CT molecular complexity index is 996. The zero-order valence-electron chi connectivity index (χ0n) is 15.8. The van der Waals surface area contributed by atoms with Gasteiger partial charge in [0, 0.05) is 0 Å². The van der Waals surface area contributed by atoms with E-state index in [4.69, 9.17) is 9.47 Å². The highest BCUT2D eigenvalue weighted by Gasteiger charge is 2.49. The van der Waals surface area contributed by atoms with E-state index >= 15 is 0 Å². The standard InChI is InChI=1S/C20H16F4N2O5/c21-12-5-1-4-8-15(12)30-11-19(29)31-10-18(28)26-14-7-3-2-6-13(14)25-17(27)9-16(26)20(22,23)24/h1-8,16H,9-11H2,(H,25,27). The summed E-state index contributed by atoms with van der Waals surface area (Å²) in [5, 5.41) is 2.32. The number of ether oxygens (including phenoxy) is 2. The third-order valence-electron chi connectivity index (χ3n) is 4.31. The molecule has 0 radical (unpaired) electrons. The summed E-state index contributed by atoms with van der Waals surface area (Å²) < 4.78 is 64.0. The number of amides is 2. The first-order chi connectivity index (χ1) is 14.7. The summed E-state index contributed by atoms with van der Waals surface area (Å²) in [5.74, 6) is -4.14. The maximum absolute atomic E-state index is 13.6. The summed E-state index contributed by atoms with van der Waals surface area (Å²) in [7, 11) is 0. The highest BCUT2D eigenvalue weighted by atomic mass is 19.4. The monoisotopic (exact) mass is 440 g/mol. The Labute approximate surface area is 173 Å². The number of alkyl halides is 3. The molecule has 11 heteroatoms. The number of anilines is 2. The number of nitrogens with one attached hydrogen (secondary N) is 1. The molecule has 3 rings (SSSR count). The zero-order valence-corrected chi connectivity index (χ0v) is 15.8. The lowest BCUT2D eigenvalue weighted by atomic mass is 10.1. The average molecular weight is 440 g/mol. The minimum Gasteiger partial charge on any atom is -0.479 e. The van der Waals surface area contributed by atoms with E-state index in [2.05, 4.69) is 5.32 Å². The second-order valence-corrected chi connectivity index (χ2v) is 6.47. The van der Waals surface area contributed by atoms with Gasteiger partial charge in [0.2, 0.25) is 5.91 Å². The van der Waals surface area contributed by atoms with Gasteiger partial charge in [-0.1, -0.05) is 24.3 Å². The highest BCUT2D eigenvalue weighted by molar-refractivity contribution is 6.05. The van der Waals surface area contributed by atoms with Crippen LogP contribution in [0.2, 0.25) is 0 Å². The van der Waals surface area contributed by atoms with Crippen LogP contribution in [0, 0.1) is 5.82 Å². The number of nitrogens with zero attached hydrogens (tertiary/aromatic N) is 1. The van der Waals surface area contributed by atoms with E-state index in [9.17, 15) is 31.9 Å². The number of benzene rings is 2. The number of fused-ring (bicyclic) bond motifs is 1. The molecule has 0 aromatic heterocycles. The van der Waals surface area contributed by atoms with Gasteiger partial charge in [0.25, 0.3) is 5.91 Å². The van der Waals surface area contributed by atoms with Crippen LogP contribution in [0.25, 0.3) is 0 Å². The van der Waals surface area contributed by atoms with Crippen LogP contribution in [0.4, 0.5) is 28.9 Å². The third kappa shape index (κ3) is 5.30. The van der Waals surface area contributed by atoms with E-state index in [0.29, 0.717) is 4.90 Å². The van der Waals surface area contributed by atoms with E-state index in [0.717, 1.165) is 6.07 Å². The molecule has 1 unspecified atom stereocenters. The molecule has 0 spiro atoms. The zero-order chi connectivity index (χ0) is 22.6. The van der Waals surface area contributed by atoms with Crippen molar-refractivity contribution in [1.82, 2.24) is 0 Å². The van der Waals surface area contributed by atoms with Gasteiger partial charge in [-0.15, -0.1) is 0 Å². The van der Waals surface area contributed by atoms with E-state index in [1.54, 1.807) is 0 Å². The molecule has 2 aromatic rings. The summed E-state index contributed by atoms with van der Waals surface area (Å²) in [4.78, 5) is 36.7. The molecule has 1 N–H and O–H groups in total. The Morgan fingerprint density at radius 1 is 1.06 bits per heavy atom. The van der Waals surface area contributed by atoms with Crippen molar-refractivity contribution in [2.45, 2.75) is 18.6 Å². The molecule has 2 aromatic carbocycles. The normalized spacial score (nSPS) is 16.1. The van der Waals surface area contributed by atoms with Crippen LogP contribution in [0.1, 0.15) is 6.42 Å². The van der Waals surface area contributed by atoms with Crippen molar-refractivity contribution in [1.29, 1.82) is 0 Å². The number of carbonyl (C=O) groups is 3. The molecule has 0 saturated carbocycles. The predicted molar refractivity (Wildman–Crippen MR) is 99.9 cm³/mol. The van der Waals surface area contributed by atoms with Crippen LogP contribution in [-0.4, -0.2) is 43.2 Å². The van der Waals surface area contributed by atoms with E-state index in [1.165, 1.54) is 42.5 Å². The number of halogens is 4. The van der Waals surface area contributed by atoms with Gasteiger partial charge in [-0.2, -0.15) is 13.2 Å². The van der Waals surface area contributed by atoms with Crippen LogP contribution in [-0.2, 0) is 19.1 Å².